The second-order valence-electron chi connectivity index (χ2n) is 7.66. The molecule has 4 rings (SSSR count). The third-order valence-electron chi connectivity index (χ3n) is 5.52. The summed E-state index contributed by atoms with van der Waals surface area (Å²) in [5.41, 5.74) is 5.05. The van der Waals surface area contributed by atoms with Crippen LogP contribution in [0.1, 0.15) is 28.1 Å². The lowest BCUT2D eigenvalue weighted by Gasteiger charge is -2.18. The maximum atomic E-state index is 12.7. The SMILES string of the molecule is Cc1ccc(N2CC(C(=O)NCc3sc(-c4cccnc4)nc3C)CC2=O)cc1C. The Balaban J connectivity index is 1.40. The molecule has 1 N–H and O–H groups in total. The number of carbonyl (C=O) groups is 2. The highest BCUT2D eigenvalue weighted by molar-refractivity contribution is 7.15. The lowest BCUT2D eigenvalue weighted by Crippen LogP contribution is -2.32. The normalized spacial score (nSPS) is 16.2. The van der Waals surface area contributed by atoms with E-state index in [1.807, 2.05) is 51.1 Å². The second-order valence-corrected chi connectivity index (χ2v) is 8.74. The van der Waals surface area contributed by atoms with Gasteiger partial charge in [0.1, 0.15) is 5.01 Å². The van der Waals surface area contributed by atoms with Gasteiger partial charge >= 0.3 is 0 Å². The second kappa shape index (κ2) is 8.36. The number of hydrogen-bond acceptors (Lipinski definition) is 5. The molecule has 1 fully saturated rings. The van der Waals surface area contributed by atoms with Crippen molar-refractivity contribution in [3.63, 3.8) is 0 Å². The number of nitrogens with zero attached hydrogens (tertiary/aromatic N) is 3. The van der Waals surface area contributed by atoms with Crippen LogP contribution < -0.4 is 10.2 Å². The van der Waals surface area contributed by atoms with Crippen molar-refractivity contribution in [3.05, 3.63) is 64.4 Å². The van der Waals surface area contributed by atoms with E-state index in [9.17, 15) is 9.59 Å². The molecule has 0 radical (unpaired) electrons. The number of rotatable bonds is 5. The van der Waals surface area contributed by atoms with Gasteiger partial charge in [0.15, 0.2) is 0 Å². The third-order valence-corrected chi connectivity index (χ3v) is 6.73. The summed E-state index contributed by atoms with van der Waals surface area (Å²) in [7, 11) is 0. The molecule has 7 heteroatoms. The zero-order chi connectivity index (χ0) is 21.3. The summed E-state index contributed by atoms with van der Waals surface area (Å²) in [5.74, 6) is -0.443. The number of carbonyl (C=O) groups excluding carboxylic acids is 2. The molecule has 0 saturated carbocycles. The molecule has 0 aliphatic carbocycles. The van der Waals surface area contributed by atoms with Crippen molar-refractivity contribution in [1.82, 2.24) is 15.3 Å². The summed E-state index contributed by atoms with van der Waals surface area (Å²) >= 11 is 1.55. The number of pyridine rings is 1. The predicted molar refractivity (Wildman–Crippen MR) is 118 cm³/mol. The molecule has 3 heterocycles. The first-order chi connectivity index (χ1) is 14.4. The quantitative estimate of drug-likeness (QED) is 0.681. The van der Waals surface area contributed by atoms with Crippen molar-refractivity contribution in [2.24, 2.45) is 5.92 Å². The van der Waals surface area contributed by atoms with Crippen molar-refractivity contribution in [2.45, 2.75) is 33.7 Å². The molecule has 3 aromatic rings. The number of nitrogens with one attached hydrogen (secondary N) is 1. The molecular formula is C23H24N4O2S. The zero-order valence-corrected chi connectivity index (χ0v) is 18.1. The summed E-state index contributed by atoms with van der Waals surface area (Å²) in [6, 6.07) is 9.82. The topological polar surface area (TPSA) is 75.2 Å². The van der Waals surface area contributed by atoms with Crippen LogP contribution in [0.2, 0.25) is 0 Å². The first-order valence-corrected chi connectivity index (χ1v) is 10.8. The van der Waals surface area contributed by atoms with Crippen LogP contribution in [0.4, 0.5) is 5.69 Å². The van der Waals surface area contributed by atoms with Crippen LogP contribution in [0.15, 0.2) is 42.7 Å². The van der Waals surface area contributed by atoms with Crippen LogP contribution in [0.25, 0.3) is 10.6 Å². The van der Waals surface area contributed by atoms with Gasteiger partial charge in [0.05, 0.1) is 18.2 Å². The summed E-state index contributed by atoms with van der Waals surface area (Å²) in [4.78, 5) is 36.7. The predicted octanol–water partition coefficient (Wildman–Crippen LogP) is 3.80. The van der Waals surface area contributed by atoms with E-state index >= 15 is 0 Å². The van der Waals surface area contributed by atoms with Crippen LogP contribution in [0, 0.1) is 26.7 Å². The summed E-state index contributed by atoms with van der Waals surface area (Å²) in [6.07, 6.45) is 3.75. The third kappa shape index (κ3) is 4.11. The Hall–Kier alpha value is -3.06. The van der Waals surface area contributed by atoms with E-state index in [0.717, 1.165) is 32.4 Å². The highest BCUT2D eigenvalue weighted by Crippen LogP contribution is 2.29. The highest BCUT2D eigenvalue weighted by atomic mass is 32.1. The average molecular weight is 421 g/mol. The Morgan fingerprint density at radius 1 is 1.23 bits per heavy atom. The largest absolute Gasteiger partial charge is 0.351 e. The van der Waals surface area contributed by atoms with Crippen molar-refractivity contribution < 1.29 is 9.59 Å². The molecule has 2 amide bonds. The summed E-state index contributed by atoms with van der Waals surface area (Å²) in [6.45, 7) is 6.84. The van der Waals surface area contributed by atoms with Crippen LogP contribution in [-0.2, 0) is 16.1 Å². The number of anilines is 1. The van der Waals surface area contributed by atoms with Gasteiger partial charge in [0, 0.05) is 41.5 Å². The Bertz CT molecular complexity index is 1090. The maximum absolute atomic E-state index is 12.7. The number of benzene rings is 1. The molecule has 154 valence electrons. The monoisotopic (exact) mass is 420 g/mol. The fourth-order valence-corrected chi connectivity index (χ4v) is 4.53. The highest BCUT2D eigenvalue weighted by Gasteiger charge is 2.35. The van der Waals surface area contributed by atoms with E-state index in [2.05, 4.69) is 15.3 Å². The lowest BCUT2D eigenvalue weighted by molar-refractivity contribution is -0.126. The van der Waals surface area contributed by atoms with Crippen LogP contribution in [0.5, 0.6) is 0 Å². The Morgan fingerprint density at radius 3 is 2.80 bits per heavy atom. The van der Waals surface area contributed by atoms with E-state index < -0.39 is 0 Å². The van der Waals surface area contributed by atoms with Gasteiger partial charge in [0.2, 0.25) is 11.8 Å². The molecule has 1 aliphatic rings. The van der Waals surface area contributed by atoms with Crippen molar-refractivity contribution >= 4 is 28.8 Å². The maximum Gasteiger partial charge on any atom is 0.227 e. The van der Waals surface area contributed by atoms with Gasteiger partial charge in [-0.15, -0.1) is 11.3 Å². The first kappa shape index (κ1) is 20.2. The summed E-state index contributed by atoms with van der Waals surface area (Å²) in [5, 5.41) is 3.89. The van der Waals surface area contributed by atoms with Crippen LogP contribution >= 0.6 is 11.3 Å². The van der Waals surface area contributed by atoms with Crippen molar-refractivity contribution in [2.75, 3.05) is 11.4 Å². The van der Waals surface area contributed by atoms with E-state index in [0.29, 0.717) is 13.1 Å². The minimum atomic E-state index is -0.342. The molecule has 1 aliphatic heterocycles. The molecule has 6 nitrogen and oxygen atoms in total. The Kier molecular flexibility index (Phi) is 5.63. The van der Waals surface area contributed by atoms with E-state index in [-0.39, 0.29) is 24.2 Å². The van der Waals surface area contributed by atoms with Crippen molar-refractivity contribution in [3.8, 4) is 10.6 Å². The number of aromatic nitrogens is 2. The van der Waals surface area contributed by atoms with E-state index in [4.69, 9.17) is 0 Å². The van der Waals surface area contributed by atoms with Gasteiger partial charge in [-0.25, -0.2) is 4.98 Å². The van der Waals surface area contributed by atoms with Crippen molar-refractivity contribution in [1.29, 1.82) is 0 Å². The average Bonchev–Trinajstić information content (AvgIpc) is 3.32. The first-order valence-electron chi connectivity index (χ1n) is 9.94. The number of amides is 2. The minimum Gasteiger partial charge on any atom is -0.351 e. The van der Waals surface area contributed by atoms with Gasteiger partial charge in [-0.1, -0.05) is 6.07 Å². The Labute approximate surface area is 180 Å². The van der Waals surface area contributed by atoms with E-state index in [1.165, 1.54) is 5.56 Å². The standard InChI is InChI=1S/C23H24N4O2S/c1-14-6-7-19(9-15(14)2)27-13-18(10-21(27)28)22(29)25-12-20-16(3)26-23(30-20)17-5-4-8-24-11-17/h4-9,11,18H,10,12-13H2,1-3H3,(H,25,29). The molecule has 1 unspecified atom stereocenters. The zero-order valence-electron chi connectivity index (χ0n) is 17.3. The molecule has 1 saturated heterocycles. The number of hydrogen-bond donors (Lipinski definition) is 1. The van der Waals surface area contributed by atoms with Gasteiger partial charge in [0.25, 0.3) is 0 Å². The van der Waals surface area contributed by atoms with Crippen LogP contribution in [-0.4, -0.2) is 28.3 Å². The number of aryl methyl sites for hydroxylation is 3. The molecule has 1 atom stereocenters. The lowest BCUT2D eigenvalue weighted by atomic mass is 10.1. The Morgan fingerprint density at radius 2 is 2.07 bits per heavy atom. The van der Waals surface area contributed by atoms with Gasteiger partial charge in [-0.05, 0) is 56.2 Å². The van der Waals surface area contributed by atoms with Gasteiger partial charge in [-0.3, -0.25) is 14.6 Å². The molecule has 1 aromatic carbocycles. The minimum absolute atomic E-state index is 0.00811. The molecular weight excluding hydrogens is 396 g/mol. The smallest absolute Gasteiger partial charge is 0.227 e. The van der Waals surface area contributed by atoms with E-state index in [1.54, 1.807) is 28.6 Å². The molecule has 0 spiro atoms. The summed E-state index contributed by atoms with van der Waals surface area (Å²) < 4.78 is 0. The molecule has 0 bridgehead atoms. The van der Waals surface area contributed by atoms with Gasteiger partial charge in [-0.2, -0.15) is 0 Å². The molecule has 30 heavy (non-hydrogen) atoms. The fourth-order valence-electron chi connectivity index (χ4n) is 3.54. The molecule has 2 aromatic heterocycles. The van der Waals surface area contributed by atoms with Crippen LogP contribution in [0.3, 0.4) is 0 Å². The fraction of sp³-hybridized carbons (Fsp3) is 0.304. The number of thiazole rings is 1. The van der Waals surface area contributed by atoms with Gasteiger partial charge < -0.3 is 10.2 Å².